The molecule has 1 aliphatic carbocycles. The maximum absolute atomic E-state index is 11.3. The van der Waals surface area contributed by atoms with Crippen LogP contribution in [-0.4, -0.2) is 35.1 Å². The third-order valence-electron chi connectivity index (χ3n) is 1.92. The number of nitrogens with zero attached hydrogens (tertiary/aromatic N) is 1. The van der Waals surface area contributed by atoms with Crippen molar-refractivity contribution in [3.63, 3.8) is 0 Å². The van der Waals surface area contributed by atoms with Gasteiger partial charge in [-0.2, -0.15) is 0 Å². The molecule has 0 spiro atoms. The van der Waals surface area contributed by atoms with E-state index in [1.807, 2.05) is 6.92 Å². The lowest BCUT2D eigenvalue weighted by Gasteiger charge is -2.18. The van der Waals surface area contributed by atoms with Gasteiger partial charge in [-0.3, -0.25) is 4.79 Å². The Hall–Kier alpha value is -0.830. The summed E-state index contributed by atoms with van der Waals surface area (Å²) in [7, 11) is 0. The predicted octanol–water partition coefficient (Wildman–Crippen LogP) is 0.546. The van der Waals surface area contributed by atoms with E-state index in [4.69, 9.17) is 5.11 Å². The highest BCUT2D eigenvalue weighted by molar-refractivity contribution is 5.88. The lowest BCUT2D eigenvalue weighted by Crippen LogP contribution is -2.34. The number of aliphatic hydroxyl groups is 1. The fourth-order valence-electron chi connectivity index (χ4n) is 1.20. The van der Waals surface area contributed by atoms with Crippen LogP contribution in [0, 0.1) is 0 Å². The van der Waals surface area contributed by atoms with E-state index in [-0.39, 0.29) is 12.5 Å². The highest BCUT2D eigenvalue weighted by Gasteiger charge is 2.30. The minimum atomic E-state index is 0.0223. The van der Waals surface area contributed by atoms with Crippen molar-refractivity contribution in [3.8, 4) is 0 Å². The molecule has 1 aliphatic rings. The Balaban J connectivity index is 2.45. The summed E-state index contributed by atoms with van der Waals surface area (Å²) in [6, 6.07) is 0.390. The number of aliphatic hydroxyl groups excluding tert-OH is 1. The van der Waals surface area contributed by atoms with Crippen molar-refractivity contribution in [2.75, 3.05) is 13.2 Å². The fraction of sp³-hybridized carbons (Fsp3) is 0.667. The smallest absolute Gasteiger partial charge is 0.246 e. The Morgan fingerprint density at radius 3 is 2.75 bits per heavy atom. The molecule has 0 atom stereocenters. The highest BCUT2D eigenvalue weighted by Crippen LogP contribution is 2.26. The average Bonchev–Trinajstić information content (AvgIpc) is 2.83. The Kier molecular flexibility index (Phi) is 3.29. The molecule has 0 unspecified atom stereocenters. The molecule has 1 amide bonds. The molecule has 0 heterocycles. The van der Waals surface area contributed by atoms with Gasteiger partial charge in [-0.05, 0) is 25.8 Å². The molecule has 3 heteroatoms. The molecule has 1 rings (SSSR count). The van der Waals surface area contributed by atoms with E-state index < -0.39 is 0 Å². The second-order valence-corrected chi connectivity index (χ2v) is 2.99. The number of hydrogen-bond acceptors (Lipinski definition) is 2. The molecule has 0 radical (unpaired) electrons. The molecular weight excluding hydrogens is 154 g/mol. The molecule has 0 bridgehead atoms. The summed E-state index contributed by atoms with van der Waals surface area (Å²) in [6.07, 6.45) is 5.45. The van der Waals surface area contributed by atoms with Gasteiger partial charge in [-0.1, -0.05) is 6.08 Å². The van der Waals surface area contributed by atoms with Crippen LogP contribution in [0.5, 0.6) is 0 Å². The monoisotopic (exact) mass is 169 g/mol. The first-order valence-corrected chi connectivity index (χ1v) is 4.33. The molecule has 12 heavy (non-hydrogen) atoms. The largest absolute Gasteiger partial charge is 0.395 e. The minimum Gasteiger partial charge on any atom is -0.395 e. The lowest BCUT2D eigenvalue weighted by molar-refractivity contribution is -0.127. The summed E-state index contributed by atoms with van der Waals surface area (Å²) < 4.78 is 0. The second kappa shape index (κ2) is 4.26. The van der Waals surface area contributed by atoms with E-state index >= 15 is 0 Å². The van der Waals surface area contributed by atoms with Crippen LogP contribution in [-0.2, 0) is 4.79 Å². The van der Waals surface area contributed by atoms with Crippen LogP contribution >= 0.6 is 0 Å². The Bertz CT molecular complexity index is 185. The summed E-state index contributed by atoms with van der Waals surface area (Å²) in [5, 5.41) is 8.71. The van der Waals surface area contributed by atoms with Crippen molar-refractivity contribution in [1.82, 2.24) is 4.90 Å². The molecule has 0 saturated heterocycles. The first-order valence-electron chi connectivity index (χ1n) is 4.33. The summed E-state index contributed by atoms with van der Waals surface area (Å²) >= 11 is 0. The number of amides is 1. The minimum absolute atomic E-state index is 0.0223. The molecule has 0 aromatic heterocycles. The van der Waals surface area contributed by atoms with Crippen LogP contribution in [0.3, 0.4) is 0 Å². The Morgan fingerprint density at radius 2 is 2.33 bits per heavy atom. The van der Waals surface area contributed by atoms with Gasteiger partial charge in [0, 0.05) is 12.6 Å². The zero-order chi connectivity index (χ0) is 8.97. The summed E-state index contributed by atoms with van der Waals surface area (Å²) in [5.74, 6) is 0.0223. The molecule has 0 aromatic rings. The molecule has 0 aromatic carbocycles. The van der Waals surface area contributed by atoms with Crippen LogP contribution in [0.1, 0.15) is 19.8 Å². The van der Waals surface area contributed by atoms with Gasteiger partial charge in [-0.15, -0.1) is 0 Å². The van der Waals surface area contributed by atoms with Crippen LogP contribution in [0.15, 0.2) is 12.2 Å². The van der Waals surface area contributed by atoms with Gasteiger partial charge in [-0.25, -0.2) is 0 Å². The molecule has 1 N–H and O–H groups in total. The molecule has 0 aliphatic heterocycles. The summed E-state index contributed by atoms with van der Waals surface area (Å²) in [5.41, 5.74) is 0. The lowest BCUT2D eigenvalue weighted by atomic mass is 10.4. The third kappa shape index (κ3) is 2.34. The zero-order valence-corrected chi connectivity index (χ0v) is 7.36. The molecule has 1 fully saturated rings. The van der Waals surface area contributed by atoms with Crippen LogP contribution in [0.4, 0.5) is 0 Å². The van der Waals surface area contributed by atoms with Gasteiger partial charge >= 0.3 is 0 Å². The van der Waals surface area contributed by atoms with Crippen LogP contribution in [0.2, 0.25) is 0 Å². The number of allylic oxidation sites excluding steroid dienone is 1. The van der Waals surface area contributed by atoms with Gasteiger partial charge in [0.2, 0.25) is 5.91 Å². The van der Waals surface area contributed by atoms with Gasteiger partial charge in [0.05, 0.1) is 6.61 Å². The van der Waals surface area contributed by atoms with Crippen molar-refractivity contribution in [2.24, 2.45) is 0 Å². The first kappa shape index (κ1) is 9.26. The van der Waals surface area contributed by atoms with Crippen molar-refractivity contribution in [2.45, 2.75) is 25.8 Å². The average molecular weight is 169 g/mol. The van der Waals surface area contributed by atoms with Crippen molar-refractivity contribution in [1.29, 1.82) is 0 Å². The third-order valence-corrected chi connectivity index (χ3v) is 1.92. The second-order valence-electron chi connectivity index (χ2n) is 2.99. The van der Waals surface area contributed by atoms with Gasteiger partial charge in [0.15, 0.2) is 0 Å². The van der Waals surface area contributed by atoms with Gasteiger partial charge < -0.3 is 10.0 Å². The van der Waals surface area contributed by atoms with E-state index in [0.717, 1.165) is 12.8 Å². The molecule has 1 saturated carbocycles. The van der Waals surface area contributed by atoms with Crippen molar-refractivity contribution < 1.29 is 9.90 Å². The number of rotatable bonds is 4. The zero-order valence-electron chi connectivity index (χ0n) is 7.36. The quantitative estimate of drug-likeness (QED) is 0.624. The standard InChI is InChI=1S/C9H15NO2/c1-2-3-9(12)10(6-7-11)8-4-5-8/h2-3,8,11H,4-7H2,1H3/b3-2+. The fourth-order valence-corrected chi connectivity index (χ4v) is 1.20. The van der Waals surface area contributed by atoms with E-state index in [2.05, 4.69) is 0 Å². The number of carbonyl (C=O) groups excluding carboxylic acids is 1. The van der Waals surface area contributed by atoms with E-state index in [1.165, 1.54) is 0 Å². The Morgan fingerprint density at radius 1 is 1.67 bits per heavy atom. The molecular formula is C9H15NO2. The predicted molar refractivity (Wildman–Crippen MR) is 46.6 cm³/mol. The Labute approximate surface area is 72.7 Å². The normalized spacial score (nSPS) is 16.8. The maximum atomic E-state index is 11.3. The highest BCUT2D eigenvalue weighted by atomic mass is 16.3. The number of hydrogen-bond donors (Lipinski definition) is 1. The van der Waals surface area contributed by atoms with Gasteiger partial charge in [0.1, 0.15) is 0 Å². The van der Waals surface area contributed by atoms with Crippen LogP contribution < -0.4 is 0 Å². The van der Waals surface area contributed by atoms with E-state index in [1.54, 1.807) is 17.1 Å². The van der Waals surface area contributed by atoms with E-state index in [9.17, 15) is 4.79 Å². The SMILES string of the molecule is C/C=C/C(=O)N(CCO)C1CC1. The van der Waals surface area contributed by atoms with Crippen molar-refractivity contribution in [3.05, 3.63) is 12.2 Å². The summed E-state index contributed by atoms with van der Waals surface area (Å²) in [4.78, 5) is 13.1. The maximum Gasteiger partial charge on any atom is 0.246 e. The molecule has 3 nitrogen and oxygen atoms in total. The summed E-state index contributed by atoms with van der Waals surface area (Å²) in [6.45, 7) is 2.34. The van der Waals surface area contributed by atoms with Gasteiger partial charge in [0.25, 0.3) is 0 Å². The van der Waals surface area contributed by atoms with E-state index in [0.29, 0.717) is 12.6 Å². The topological polar surface area (TPSA) is 40.5 Å². The molecule has 68 valence electrons. The first-order chi connectivity index (χ1) is 5.79. The number of carbonyl (C=O) groups is 1. The van der Waals surface area contributed by atoms with Crippen molar-refractivity contribution >= 4 is 5.91 Å². The van der Waals surface area contributed by atoms with Crippen LogP contribution in [0.25, 0.3) is 0 Å².